The van der Waals surface area contributed by atoms with Gasteiger partial charge >= 0.3 is 5.69 Å². The molecule has 0 saturated carbocycles. The van der Waals surface area contributed by atoms with Crippen LogP contribution in [0.5, 0.6) is 0 Å². The van der Waals surface area contributed by atoms with Gasteiger partial charge in [-0.25, -0.2) is 9.78 Å². The Bertz CT molecular complexity index is 1390. The van der Waals surface area contributed by atoms with E-state index in [2.05, 4.69) is 4.98 Å². The number of fused-ring (bicyclic) bond motifs is 1. The van der Waals surface area contributed by atoms with Crippen molar-refractivity contribution in [3.8, 4) is 0 Å². The van der Waals surface area contributed by atoms with Gasteiger partial charge in [-0.05, 0) is 39.3 Å². The Hall–Kier alpha value is -1.89. The van der Waals surface area contributed by atoms with Crippen LogP contribution in [0.3, 0.4) is 0 Å². The molecular formula is C16H26N4O3. The number of aliphatic hydroxyl groups is 1. The molecule has 0 fully saturated rings. The average Bonchev–Trinajstić information content (AvgIpc) is 3.17. The smallest absolute Gasteiger partial charge is 0.332 e. The highest BCUT2D eigenvalue weighted by Gasteiger charge is 2.16. The van der Waals surface area contributed by atoms with Gasteiger partial charge in [-0.2, -0.15) is 0 Å². The normalized spacial score (nSPS) is 30.0. The van der Waals surface area contributed by atoms with Gasteiger partial charge in [0, 0.05) is 44.7 Å². The third-order valence-electron chi connectivity index (χ3n) is 2.95. The van der Waals surface area contributed by atoms with E-state index in [0.717, 1.165) is 0 Å². The van der Waals surface area contributed by atoms with E-state index in [9.17, 15) is 14.7 Å². The van der Waals surface area contributed by atoms with Gasteiger partial charge in [0.2, 0.25) is 0 Å². The Labute approximate surface area is 160 Å². The first kappa shape index (κ1) is 5.31. The molecular weight excluding hydrogens is 296 g/mol. The van der Waals surface area contributed by atoms with Crippen molar-refractivity contribution in [3.05, 3.63) is 27.2 Å². The summed E-state index contributed by atoms with van der Waals surface area (Å²) in [6.45, 7) is -19.0. The zero-order chi connectivity index (χ0) is 32.6. The quantitative estimate of drug-likeness (QED) is 0.820. The molecule has 1 N–H and O–H groups in total. The maximum Gasteiger partial charge on any atom is 0.332 e. The molecule has 7 heteroatoms. The minimum absolute atomic E-state index is 0.0307. The number of rotatable bonds is 7. The molecule has 128 valence electrons. The van der Waals surface area contributed by atoms with Crippen LogP contribution >= 0.6 is 0 Å². The van der Waals surface area contributed by atoms with Gasteiger partial charge in [-0.1, -0.05) is 6.85 Å². The van der Waals surface area contributed by atoms with E-state index in [1.165, 1.54) is 0 Å². The van der Waals surface area contributed by atoms with E-state index in [-0.39, 0.29) is 13.7 Å². The van der Waals surface area contributed by atoms with Crippen molar-refractivity contribution in [2.75, 3.05) is 0 Å². The summed E-state index contributed by atoms with van der Waals surface area (Å²) in [7, 11) is 0. The number of hydrogen-bond donors (Lipinski definition) is 1. The van der Waals surface area contributed by atoms with Crippen molar-refractivity contribution >= 4 is 11.2 Å². The number of imidazole rings is 1. The molecule has 7 nitrogen and oxygen atoms in total. The molecule has 23 heavy (non-hydrogen) atoms. The molecule has 0 aliphatic carbocycles. The maximum absolute atomic E-state index is 13.4. The molecule has 1 unspecified atom stereocenters. The van der Waals surface area contributed by atoms with Crippen LogP contribution in [0.25, 0.3) is 11.2 Å². The van der Waals surface area contributed by atoms with E-state index < -0.39 is 94.2 Å². The Kier molecular flexibility index (Phi) is 1.55. The first-order chi connectivity index (χ1) is 17.9. The van der Waals surface area contributed by atoms with E-state index in [1.807, 2.05) is 0 Å². The van der Waals surface area contributed by atoms with Crippen LogP contribution in [0.4, 0.5) is 0 Å². The summed E-state index contributed by atoms with van der Waals surface area (Å²) >= 11 is 0. The number of hydrogen-bond acceptors (Lipinski definition) is 4. The maximum atomic E-state index is 13.4. The fourth-order valence-electron chi connectivity index (χ4n) is 1.98. The summed E-state index contributed by atoms with van der Waals surface area (Å²) in [6, 6.07) is 0. The molecule has 2 heterocycles. The predicted molar refractivity (Wildman–Crippen MR) is 89.7 cm³/mol. The fraction of sp³-hybridized carbons (Fsp3) is 0.688. The van der Waals surface area contributed by atoms with Crippen LogP contribution in [0.1, 0.15) is 70.8 Å². The molecule has 0 bridgehead atoms. The van der Waals surface area contributed by atoms with Crippen LogP contribution in [0.2, 0.25) is 0 Å². The average molecular weight is 344 g/mol. The zero-order valence-electron chi connectivity index (χ0n) is 29.8. The standard InChI is InChI=1S/C16H26N4O3/c1-5-9-19-11-17-13-12(19)14(21)20(15(22)18(13)4)10-7-6-8-16(2,3)23/h11,23H,5-10H2,1-4H3/i1D3,2D3,3T3,4D3,5D2,8D2,9D2. The summed E-state index contributed by atoms with van der Waals surface area (Å²) in [5.74, 6) is 0. The molecule has 1 atom stereocenters. The fourth-order valence-corrected chi connectivity index (χ4v) is 1.98. The lowest BCUT2D eigenvalue weighted by Crippen LogP contribution is -2.39. The number of nitrogens with zero attached hydrogens (tertiary/aromatic N) is 4. The van der Waals surface area contributed by atoms with E-state index >= 15 is 0 Å². The first-order valence-electron chi connectivity index (χ1n) is 15.4. The van der Waals surface area contributed by atoms with Crippen molar-refractivity contribution in [3.63, 3.8) is 0 Å². The Morgan fingerprint density at radius 1 is 1.52 bits per heavy atom. The first-order valence-corrected chi connectivity index (χ1v) is 6.36. The van der Waals surface area contributed by atoms with Crippen molar-refractivity contribution in [1.82, 2.24) is 18.7 Å². The van der Waals surface area contributed by atoms with E-state index in [4.69, 9.17) is 24.7 Å². The molecule has 0 aromatic carbocycles. The summed E-state index contributed by atoms with van der Waals surface area (Å²) in [5, 5.41) is 10.5. The third kappa shape index (κ3) is 3.72. The lowest BCUT2D eigenvalue weighted by Gasteiger charge is -2.16. The lowest BCUT2D eigenvalue weighted by molar-refractivity contribution is 0.0678. The molecule has 0 saturated heterocycles. The number of aromatic nitrogens is 4. The molecule has 0 aliphatic heterocycles. The van der Waals surface area contributed by atoms with Crippen molar-refractivity contribution in [2.24, 2.45) is 6.98 Å². The van der Waals surface area contributed by atoms with Gasteiger partial charge in [0.1, 0.15) is 0 Å². The minimum Gasteiger partial charge on any atom is -0.390 e. The monoisotopic (exact) mass is 343 g/mol. The number of aryl methyl sites for hydroxylation is 2. The topological polar surface area (TPSA) is 82.0 Å². The largest absolute Gasteiger partial charge is 0.390 e. The highest BCUT2D eigenvalue weighted by atomic mass is 16.3. The van der Waals surface area contributed by atoms with Gasteiger partial charge in [0.15, 0.2) is 11.2 Å². The van der Waals surface area contributed by atoms with Crippen LogP contribution in [0.15, 0.2) is 15.9 Å². The van der Waals surface area contributed by atoms with E-state index in [0.29, 0.717) is 6.33 Å². The molecule has 0 spiro atoms. The Morgan fingerprint density at radius 2 is 2.39 bits per heavy atom. The summed E-state index contributed by atoms with van der Waals surface area (Å²) in [6.07, 6.45) is -8.45. The van der Waals surface area contributed by atoms with Gasteiger partial charge in [0.05, 0.1) is 11.9 Å². The van der Waals surface area contributed by atoms with Crippen molar-refractivity contribution in [2.45, 2.75) is 64.8 Å². The van der Waals surface area contributed by atoms with Gasteiger partial charge in [0.25, 0.3) is 5.56 Å². The lowest BCUT2D eigenvalue weighted by atomic mass is 10.0. The molecule has 0 radical (unpaired) electrons. The van der Waals surface area contributed by atoms with Crippen LogP contribution in [-0.4, -0.2) is 29.4 Å². The highest BCUT2D eigenvalue weighted by molar-refractivity contribution is 5.69. The summed E-state index contributed by atoms with van der Waals surface area (Å²) in [4.78, 5) is 30.0. The SMILES string of the molecule is [2H]C([2H])([2H])n1c(=O)n(CCCC([2H])([2H])C(O)(C([2H])([2H])[2H])C([3H])([3H])[3H])c(=O)c2c1ncn2C([2H])([2H])C([2H])([2H])C([2H])([2H])[2H]. The minimum atomic E-state index is -3.89. The van der Waals surface area contributed by atoms with E-state index in [1.54, 1.807) is 0 Å². The second kappa shape index (κ2) is 6.70. The van der Waals surface area contributed by atoms with Gasteiger partial charge in [-0.3, -0.25) is 13.9 Å². The second-order valence-corrected chi connectivity index (χ2v) is 4.59. The Balaban J connectivity index is 2.76. The van der Waals surface area contributed by atoms with Crippen LogP contribution < -0.4 is 11.2 Å². The molecule has 2 rings (SSSR count). The van der Waals surface area contributed by atoms with Crippen LogP contribution in [0, 0.1) is 0 Å². The zero-order valence-corrected chi connectivity index (χ0v) is 11.8. The molecule has 0 amide bonds. The summed E-state index contributed by atoms with van der Waals surface area (Å²) in [5.41, 5.74) is -8.94. The Morgan fingerprint density at radius 3 is 3.09 bits per heavy atom. The molecule has 2 aromatic heterocycles. The third-order valence-corrected chi connectivity index (χ3v) is 2.95. The molecule has 2 aromatic rings. The van der Waals surface area contributed by atoms with Crippen molar-refractivity contribution < 1.29 is 29.8 Å². The van der Waals surface area contributed by atoms with Gasteiger partial charge < -0.3 is 9.67 Å². The molecule has 0 aliphatic rings. The second-order valence-electron chi connectivity index (χ2n) is 4.59. The highest BCUT2D eigenvalue weighted by Crippen LogP contribution is 2.12. The van der Waals surface area contributed by atoms with Crippen molar-refractivity contribution in [1.29, 1.82) is 0 Å². The van der Waals surface area contributed by atoms with Crippen LogP contribution in [-0.2, 0) is 20.0 Å². The summed E-state index contributed by atoms with van der Waals surface area (Å²) < 4.78 is 138. The van der Waals surface area contributed by atoms with Gasteiger partial charge in [-0.15, -0.1) is 0 Å². The predicted octanol–water partition coefficient (Wildman–Crippen LogP) is 1.25.